The van der Waals surface area contributed by atoms with Crippen LogP contribution < -0.4 is 10.1 Å². The molecular formula is C29H42N4O3. The molecule has 7 heteroatoms. The number of rotatable bonds is 6. The summed E-state index contributed by atoms with van der Waals surface area (Å²) in [6, 6.07) is 8.57. The number of methoxy groups -OCH3 is 1. The minimum Gasteiger partial charge on any atom is -0.497 e. The number of nitrogens with one attached hydrogen (secondary N) is 1. The molecule has 1 saturated carbocycles. The Kier molecular flexibility index (Phi) is 7.29. The van der Waals surface area contributed by atoms with E-state index in [9.17, 15) is 9.59 Å². The monoisotopic (exact) mass is 494 g/mol. The quantitative estimate of drug-likeness (QED) is 0.597. The molecule has 1 aromatic heterocycles. The summed E-state index contributed by atoms with van der Waals surface area (Å²) in [5.74, 6) is 0.673. The lowest BCUT2D eigenvalue weighted by molar-refractivity contribution is -0.133. The van der Waals surface area contributed by atoms with E-state index in [1.54, 1.807) is 7.11 Å². The van der Waals surface area contributed by atoms with Gasteiger partial charge in [0.05, 0.1) is 19.2 Å². The van der Waals surface area contributed by atoms with E-state index in [2.05, 4.69) is 17.1 Å². The summed E-state index contributed by atoms with van der Waals surface area (Å²) >= 11 is 0. The summed E-state index contributed by atoms with van der Waals surface area (Å²) in [5, 5.41) is 4.37. The molecule has 196 valence electrons. The second-order valence-corrected chi connectivity index (χ2v) is 11.3. The third kappa shape index (κ3) is 4.74. The van der Waals surface area contributed by atoms with E-state index in [0.717, 1.165) is 55.4 Å². The number of likely N-dealkylation sites (tertiary alicyclic amines) is 1. The van der Waals surface area contributed by atoms with Crippen LogP contribution in [0.2, 0.25) is 0 Å². The first kappa shape index (κ1) is 25.1. The summed E-state index contributed by atoms with van der Waals surface area (Å²) in [5.41, 5.74) is 0.643. The number of nitrogens with zero attached hydrogens (tertiary/aromatic N) is 3. The Hall–Kier alpha value is -2.54. The molecule has 1 aromatic carbocycles. The number of carbonyl (C=O) groups excluding carboxylic acids is 2. The molecule has 2 aromatic rings. The normalized spacial score (nSPS) is 26.0. The van der Waals surface area contributed by atoms with Crippen molar-refractivity contribution in [2.45, 2.75) is 95.8 Å². The molecule has 1 aliphatic carbocycles. The highest BCUT2D eigenvalue weighted by molar-refractivity contribution is 6.03. The van der Waals surface area contributed by atoms with Gasteiger partial charge in [-0.05, 0) is 64.3 Å². The Morgan fingerprint density at radius 3 is 2.53 bits per heavy atom. The number of fused-ring (bicyclic) bond motifs is 3. The van der Waals surface area contributed by atoms with Crippen LogP contribution in [0.15, 0.2) is 24.3 Å². The van der Waals surface area contributed by atoms with Crippen LogP contribution in [0.4, 0.5) is 0 Å². The van der Waals surface area contributed by atoms with Gasteiger partial charge in [-0.25, -0.2) is 0 Å². The van der Waals surface area contributed by atoms with Crippen LogP contribution in [-0.4, -0.2) is 70.5 Å². The van der Waals surface area contributed by atoms with Crippen molar-refractivity contribution in [2.75, 3.05) is 26.7 Å². The first-order valence-corrected chi connectivity index (χ1v) is 13.9. The van der Waals surface area contributed by atoms with Crippen molar-refractivity contribution in [3.8, 4) is 5.75 Å². The lowest BCUT2D eigenvalue weighted by Gasteiger charge is -2.46. The molecule has 2 fully saturated rings. The van der Waals surface area contributed by atoms with Crippen molar-refractivity contribution >= 4 is 22.7 Å². The minimum absolute atomic E-state index is 0.0233. The van der Waals surface area contributed by atoms with Crippen molar-refractivity contribution in [3.63, 3.8) is 0 Å². The van der Waals surface area contributed by atoms with Crippen molar-refractivity contribution in [1.82, 2.24) is 19.7 Å². The second kappa shape index (κ2) is 10.4. The Bertz CT molecular complexity index is 1100. The van der Waals surface area contributed by atoms with Gasteiger partial charge in [0.1, 0.15) is 17.0 Å². The van der Waals surface area contributed by atoms with Gasteiger partial charge in [0.2, 0.25) is 5.91 Å². The standard InChI is InChI=1S/C29H42N4O3/c1-21-10-8-9-15-31(21)16-17-33-27(34)26-18-22-13-14-24(36-3)19-25(22)32(26)20-29(33,2)28(35)30-23-11-6-4-5-7-12-23/h13-14,18-19,21,23H,4-12,15-17,20H2,1-3H3,(H,30,35)/t21-,29-/m1/s1. The van der Waals surface area contributed by atoms with Gasteiger partial charge in [0.25, 0.3) is 5.91 Å². The molecule has 2 amide bonds. The van der Waals surface area contributed by atoms with Crippen LogP contribution in [0.25, 0.3) is 10.9 Å². The van der Waals surface area contributed by atoms with Crippen LogP contribution >= 0.6 is 0 Å². The number of benzene rings is 1. The van der Waals surface area contributed by atoms with Gasteiger partial charge in [-0.3, -0.25) is 14.5 Å². The van der Waals surface area contributed by atoms with Crippen LogP contribution in [0.3, 0.4) is 0 Å². The summed E-state index contributed by atoms with van der Waals surface area (Å²) < 4.78 is 7.50. The Balaban J connectivity index is 1.47. The molecule has 0 bridgehead atoms. The molecule has 0 spiro atoms. The van der Waals surface area contributed by atoms with Crippen LogP contribution in [0, 0.1) is 0 Å². The highest BCUT2D eigenvalue weighted by Gasteiger charge is 2.48. The molecule has 2 aliphatic heterocycles. The third-order valence-corrected chi connectivity index (χ3v) is 8.87. The summed E-state index contributed by atoms with van der Waals surface area (Å²) in [7, 11) is 1.65. The summed E-state index contributed by atoms with van der Waals surface area (Å²) in [4.78, 5) is 32.4. The molecule has 3 aliphatic rings. The summed E-state index contributed by atoms with van der Waals surface area (Å²) in [6.45, 7) is 7.11. The fraction of sp³-hybridized carbons (Fsp3) is 0.655. The van der Waals surface area contributed by atoms with E-state index in [-0.39, 0.29) is 17.9 Å². The maximum atomic E-state index is 14.0. The highest BCUT2D eigenvalue weighted by Crippen LogP contribution is 2.34. The highest BCUT2D eigenvalue weighted by atomic mass is 16.5. The van der Waals surface area contributed by atoms with Gasteiger partial charge < -0.3 is 19.5 Å². The molecule has 3 heterocycles. The fourth-order valence-corrected chi connectivity index (χ4v) is 6.49. The first-order chi connectivity index (χ1) is 17.4. The molecule has 36 heavy (non-hydrogen) atoms. The molecule has 0 unspecified atom stereocenters. The summed E-state index contributed by atoms with van der Waals surface area (Å²) in [6.07, 6.45) is 10.5. The number of carbonyl (C=O) groups is 2. The predicted molar refractivity (Wildman–Crippen MR) is 142 cm³/mol. The van der Waals surface area contributed by atoms with Crippen molar-refractivity contribution < 1.29 is 14.3 Å². The number of aromatic nitrogens is 1. The average Bonchev–Trinajstić information content (AvgIpc) is 3.04. The average molecular weight is 495 g/mol. The van der Waals surface area contributed by atoms with E-state index >= 15 is 0 Å². The number of hydrogen-bond acceptors (Lipinski definition) is 4. The molecule has 0 radical (unpaired) electrons. The lowest BCUT2D eigenvalue weighted by Crippen LogP contribution is -2.66. The van der Waals surface area contributed by atoms with Crippen molar-refractivity contribution in [3.05, 3.63) is 30.0 Å². The molecule has 5 rings (SSSR count). The van der Waals surface area contributed by atoms with Gasteiger partial charge in [-0.15, -0.1) is 0 Å². The Labute approximate surface area is 215 Å². The number of ether oxygens (including phenoxy) is 1. The lowest BCUT2D eigenvalue weighted by atomic mass is 9.93. The molecule has 1 N–H and O–H groups in total. The Morgan fingerprint density at radius 1 is 1.06 bits per heavy atom. The Morgan fingerprint density at radius 2 is 1.81 bits per heavy atom. The van der Waals surface area contributed by atoms with Crippen molar-refractivity contribution in [1.29, 1.82) is 0 Å². The molecule has 2 atom stereocenters. The molecule has 7 nitrogen and oxygen atoms in total. The fourth-order valence-electron chi connectivity index (χ4n) is 6.49. The zero-order valence-corrected chi connectivity index (χ0v) is 22.2. The largest absolute Gasteiger partial charge is 0.497 e. The maximum absolute atomic E-state index is 14.0. The smallest absolute Gasteiger partial charge is 0.271 e. The zero-order chi connectivity index (χ0) is 25.3. The number of piperidine rings is 1. The second-order valence-electron chi connectivity index (χ2n) is 11.3. The predicted octanol–water partition coefficient (Wildman–Crippen LogP) is 4.58. The first-order valence-electron chi connectivity index (χ1n) is 13.9. The topological polar surface area (TPSA) is 66.8 Å². The van der Waals surface area contributed by atoms with Gasteiger partial charge in [-0.2, -0.15) is 0 Å². The molecule has 1 saturated heterocycles. The SMILES string of the molecule is COc1ccc2cc3n(c2c1)C[C@](C)(C(=O)NC1CCCCCC1)N(CCN1CCCC[C@H]1C)C3=O. The van der Waals surface area contributed by atoms with E-state index in [1.807, 2.05) is 40.7 Å². The van der Waals surface area contributed by atoms with Crippen LogP contribution in [0.5, 0.6) is 5.75 Å². The van der Waals surface area contributed by atoms with E-state index in [1.165, 1.54) is 32.1 Å². The van der Waals surface area contributed by atoms with E-state index in [4.69, 9.17) is 4.74 Å². The van der Waals surface area contributed by atoms with Crippen molar-refractivity contribution in [2.24, 2.45) is 0 Å². The van der Waals surface area contributed by atoms with E-state index in [0.29, 0.717) is 24.8 Å². The number of hydrogen-bond donors (Lipinski definition) is 1. The van der Waals surface area contributed by atoms with Crippen LogP contribution in [-0.2, 0) is 11.3 Å². The van der Waals surface area contributed by atoms with Gasteiger partial charge in [0, 0.05) is 36.6 Å². The third-order valence-electron chi connectivity index (χ3n) is 8.87. The van der Waals surface area contributed by atoms with Gasteiger partial charge in [-0.1, -0.05) is 32.1 Å². The van der Waals surface area contributed by atoms with Crippen LogP contribution in [0.1, 0.15) is 82.1 Å². The van der Waals surface area contributed by atoms with Gasteiger partial charge >= 0.3 is 0 Å². The zero-order valence-electron chi connectivity index (χ0n) is 22.2. The number of amides is 2. The molecular weight excluding hydrogens is 452 g/mol. The van der Waals surface area contributed by atoms with Gasteiger partial charge in [0.15, 0.2) is 0 Å². The maximum Gasteiger partial charge on any atom is 0.271 e. The minimum atomic E-state index is -0.954. The van der Waals surface area contributed by atoms with E-state index < -0.39 is 5.54 Å².